The maximum absolute atomic E-state index is 14.0. The number of amides is 1. The summed E-state index contributed by atoms with van der Waals surface area (Å²) in [5.74, 6) is -0.662. The summed E-state index contributed by atoms with van der Waals surface area (Å²) in [5, 5.41) is 6.66. The molecular weight excluding hydrogens is 490 g/mol. The molecule has 2 aliphatic heterocycles. The van der Waals surface area contributed by atoms with Crippen molar-refractivity contribution in [2.75, 3.05) is 16.5 Å². The summed E-state index contributed by atoms with van der Waals surface area (Å²) in [4.78, 5) is 29.1. The largest absolute Gasteiger partial charge is 0.461 e. The lowest BCUT2D eigenvalue weighted by Crippen LogP contribution is -2.51. The fourth-order valence-corrected chi connectivity index (χ4v) is 6.84. The number of carbonyl (C=O) groups excluding carboxylic acids is 2. The SMILES string of the molecule is CCOC(=O)C1=NN(c2ccc(C)cc2)C2(S1)S/C(=C/c1ccc(C)cc1)C(=O)N2c1ccccc1. The zero-order chi connectivity index (χ0) is 25.3. The molecule has 1 spiro atoms. The van der Waals surface area contributed by atoms with Gasteiger partial charge in [-0.1, -0.05) is 77.5 Å². The summed E-state index contributed by atoms with van der Waals surface area (Å²) in [6.45, 7) is 6.04. The molecule has 0 aliphatic carbocycles. The van der Waals surface area contributed by atoms with Gasteiger partial charge in [0.1, 0.15) is 0 Å². The highest BCUT2D eigenvalue weighted by molar-refractivity contribution is 8.29. The maximum Gasteiger partial charge on any atom is 0.365 e. The lowest BCUT2D eigenvalue weighted by molar-refractivity contribution is -0.134. The van der Waals surface area contributed by atoms with Crippen molar-refractivity contribution in [1.82, 2.24) is 0 Å². The van der Waals surface area contributed by atoms with Crippen molar-refractivity contribution in [2.45, 2.75) is 25.1 Å². The average molecular weight is 516 g/mol. The van der Waals surface area contributed by atoms with Gasteiger partial charge in [-0.25, -0.2) is 9.80 Å². The number of anilines is 2. The number of hydrazone groups is 1. The van der Waals surface area contributed by atoms with Crippen LogP contribution in [-0.2, 0) is 14.3 Å². The third kappa shape index (κ3) is 4.42. The van der Waals surface area contributed by atoms with Gasteiger partial charge in [-0.2, -0.15) is 5.10 Å². The lowest BCUT2D eigenvalue weighted by atomic mass is 10.1. The van der Waals surface area contributed by atoms with Crippen molar-refractivity contribution >= 4 is 57.9 Å². The van der Waals surface area contributed by atoms with Gasteiger partial charge in [-0.3, -0.25) is 9.69 Å². The van der Waals surface area contributed by atoms with E-state index in [1.54, 1.807) is 16.8 Å². The molecular formula is C28H25N3O3S2. The number of hydrogen-bond donors (Lipinski definition) is 0. The quantitative estimate of drug-likeness (QED) is 0.299. The monoisotopic (exact) mass is 515 g/mol. The summed E-state index contributed by atoms with van der Waals surface area (Å²) in [6.07, 6.45) is 1.90. The molecule has 182 valence electrons. The topological polar surface area (TPSA) is 62.2 Å². The molecule has 0 bridgehead atoms. The molecule has 2 aliphatic rings. The van der Waals surface area contributed by atoms with Gasteiger partial charge in [-0.05, 0) is 68.4 Å². The molecule has 1 atom stereocenters. The van der Waals surface area contributed by atoms with Crippen LogP contribution in [0.4, 0.5) is 11.4 Å². The van der Waals surface area contributed by atoms with Crippen LogP contribution in [0.15, 0.2) is 88.9 Å². The highest BCUT2D eigenvalue weighted by Crippen LogP contribution is 2.59. The summed E-state index contributed by atoms with van der Waals surface area (Å²) >= 11 is 2.61. The number of carbonyl (C=O) groups is 2. The predicted molar refractivity (Wildman–Crippen MR) is 149 cm³/mol. The van der Waals surface area contributed by atoms with Crippen molar-refractivity contribution in [3.63, 3.8) is 0 Å². The van der Waals surface area contributed by atoms with Gasteiger partial charge in [0.25, 0.3) is 5.91 Å². The molecule has 36 heavy (non-hydrogen) atoms. The number of ether oxygens (including phenoxy) is 1. The van der Waals surface area contributed by atoms with Crippen LogP contribution >= 0.6 is 23.5 Å². The highest BCUT2D eigenvalue weighted by Gasteiger charge is 2.60. The molecule has 2 heterocycles. The molecule has 3 aromatic rings. The first-order valence-corrected chi connectivity index (χ1v) is 13.2. The molecule has 0 radical (unpaired) electrons. The molecule has 1 fully saturated rings. The number of benzene rings is 3. The van der Waals surface area contributed by atoms with Gasteiger partial charge >= 0.3 is 5.97 Å². The Morgan fingerprint density at radius 1 is 0.917 bits per heavy atom. The zero-order valence-corrected chi connectivity index (χ0v) is 21.8. The van der Waals surface area contributed by atoms with E-state index in [2.05, 4.69) is 0 Å². The van der Waals surface area contributed by atoms with E-state index in [0.717, 1.165) is 22.4 Å². The van der Waals surface area contributed by atoms with Crippen LogP contribution in [0.2, 0.25) is 0 Å². The molecule has 0 aromatic heterocycles. The van der Waals surface area contributed by atoms with E-state index >= 15 is 0 Å². The summed E-state index contributed by atoms with van der Waals surface area (Å²) in [5.41, 5.74) is 4.66. The first-order chi connectivity index (χ1) is 17.4. The van der Waals surface area contributed by atoms with Crippen LogP contribution in [0.25, 0.3) is 6.08 Å². The highest BCUT2D eigenvalue weighted by atomic mass is 32.2. The second-order valence-electron chi connectivity index (χ2n) is 8.42. The number of aryl methyl sites for hydroxylation is 2. The summed E-state index contributed by atoms with van der Waals surface area (Å²) < 4.78 is 4.21. The number of esters is 1. The van der Waals surface area contributed by atoms with Gasteiger partial charge in [0.2, 0.25) is 9.37 Å². The van der Waals surface area contributed by atoms with E-state index in [9.17, 15) is 9.59 Å². The van der Waals surface area contributed by atoms with Crippen molar-refractivity contribution in [3.8, 4) is 0 Å². The molecule has 0 N–H and O–H groups in total. The second-order valence-corrected chi connectivity index (χ2v) is 11.1. The second kappa shape index (κ2) is 9.87. The van der Waals surface area contributed by atoms with E-state index in [1.165, 1.54) is 23.5 Å². The van der Waals surface area contributed by atoms with E-state index in [0.29, 0.717) is 10.6 Å². The number of thioether (sulfide) groups is 2. The van der Waals surface area contributed by atoms with Gasteiger partial charge in [0, 0.05) is 5.69 Å². The first-order valence-electron chi connectivity index (χ1n) is 11.6. The predicted octanol–water partition coefficient (Wildman–Crippen LogP) is 6.17. The van der Waals surface area contributed by atoms with Gasteiger partial charge < -0.3 is 4.74 Å². The third-order valence-electron chi connectivity index (χ3n) is 5.75. The minimum atomic E-state index is -1.08. The van der Waals surface area contributed by atoms with Crippen LogP contribution in [-0.4, -0.2) is 27.9 Å². The first kappa shape index (κ1) is 24.2. The van der Waals surface area contributed by atoms with Crippen LogP contribution in [0, 0.1) is 13.8 Å². The Hall–Kier alpha value is -3.49. The molecule has 0 saturated carbocycles. The fraction of sp³-hybridized carbons (Fsp3) is 0.179. The standard InChI is InChI=1S/C28H25N3O3S2/c1-4-34-27(33)25-29-31(23-16-12-20(3)13-17-23)28(36-25)30(22-8-6-5-7-9-22)26(32)24(35-28)18-21-14-10-19(2)11-15-21/h5-18H,4H2,1-3H3/b24-18+. The Morgan fingerprint density at radius 2 is 1.56 bits per heavy atom. The summed E-state index contributed by atoms with van der Waals surface area (Å²) in [6, 6.07) is 25.4. The van der Waals surface area contributed by atoms with Gasteiger partial charge in [0.05, 0.1) is 17.2 Å². The van der Waals surface area contributed by atoms with Crippen LogP contribution in [0.1, 0.15) is 23.6 Å². The molecule has 1 amide bonds. The number of nitrogens with zero attached hydrogens (tertiary/aromatic N) is 3. The Kier molecular flexibility index (Phi) is 6.64. The Labute approximate surface area is 219 Å². The molecule has 8 heteroatoms. The zero-order valence-electron chi connectivity index (χ0n) is 20.2. The number of rotatable bonds is 5. The van der Waals surface area contributed by atoms with Crippen molar-refractivity contribution in [1.29, 1.82) is 0 Å². The molecule has 1 saturated heterocycles. The average Bonchev–Trinajstić information content (AvgIpc) is 3.39. The molecule has 1 unspecified atom stereocenters. The van der Waals surface area contributed by atoms with E-state index in [4.69, 9.17) is 9.84 Å². The van der Waals surface area contributed by atoms with Crippen LogP contribution in [0.5, 0.6) is 0 Å². The Balaban J connectivity index is 1.66. The number of hydrogen-bond acceptors (Lipinski definition) is 7. The third-order valence-corrected chi connectivity index (χ3v) is 8.44. The van der Waals surface area contributed by atoms with Gasteiger partial charge in [-0.15, -0.1) is 0 Å². The smallest absolute Gasteiger partial charge is 0.365 e. The Morgan fingerprint density at radius 3 is 2.19 bits per heavy atom. The fourth-order valence-electron chi connectivity index (χ4n) is 3.96. The summed E-state index contributed by atoms with van der Waals surface area (Å²) in [7, 11) is 0. The minimum absolute atomic E-state index is 0.156. The van der Waals surface area contributed by atoms with Crippen molar-refractivity contribution in [3.05, 3.63) is 100 Å². The lowest BCUT2D eigenvalue weighted by Gasteiger charge is -2.38. The van der Waals surface area contributed by atoms with Crippen LogP contribution in [0.3, 0.4) is 0 Å². The molecule has 3 aromatic carbocycles. The minimum Gasteiger partial charge on any atom is -0.461 e. The number of para-hydroxylation sites is 1. The van der Waals surface area contributed by atoms with E-state index < -0.39 is 10.3 Å². The van der Waals surface area contributed by atoms with Gasteiger partial charge in [0.15, 0.2) is 0 Å². The Bertz CT molecular complexity index is 1360. The molecule has 5 rings (SSSR count). The maximum atomic E-state index is 14.0. The van der Waals surface area contributed by atoms with E-state index in [-0.39, 0.29) is 17.6 Å². The van der Waals surface area contributed by atoms with Crippen molar-refractivity contribution < 1.29 is 14.3 Å². The normalized spacial score (nSPS) is 20.4. The van der Waals surface area contributed by atoms with Crippen LogP contribution < -0.4 is 9.91 Å². The molecule has 6 nitrogen and oxygen atoms in total. The van der Waals surface area contributed by atoms with E-state index in [1.807, 2.05) is 98.8 Å². The van der Waals surface area contributed by atoms with Crippen molar-refractivity contribution in [2.24, 2.45) is 5.10 Å².